The highest BCUT2D eigenvalue weighted by Gasteiger charge is 2.31. The molecule has 0 nitrogen and oxygen atoms in total. The van der Waals surface area contributed by atoms with Crippen LogP contribution in [0.1, 0.15) is 120 Å². The van der Waals surface area contributed by atoms with Crippen molar-refractivity contribution in [1.29, 1.82) is 0 Å². The number of halogens is 1. The predicted molar refractivity (Wildman–Crippen MR) is 169 cm³/mol. The van der Waals surface area contributed by atoms with Gasteiger partial charge in [0.15, 0.2) is 0 Å². The Labute approximate surface area is 239 Å². The van der Waals surface area contributed by atoms with Gasteiger partial charge in [-0.2, -0.15) is 0 Å². The fourth-order valence-electron chi connectivity index (χ4n) is 8.45. The monoisotopic (exact) mass is 530 g/mol. The number of benzene rings is 2. The average molecular weight is 531 g/mol. The summed E-state index contributed by atoms with van der Waals surface area (Å²) < 4.78 is 12.4. The normalized spacial score (nSPS) is 24.1. The molecule has 2 aromatic carbocycles. The number of hydrogen-bond acceptors (Lipinski definition) is 0. The molecule has 4 rings (SSSR count). The van der Waals surface area contributed by atoms with Gasteiger partial charge in [-0.05, 0) is 211 Å². The zero-order valence-electron chi connectivity index (χ0n) is 26.6. The lowest BCUT2D eigenvalue weighted by Gasteiger charge is -2.38. The fourth-order valence-corrected chi connectivity index (χ4v) is 8.45. The second kappa shape index (κ2) is 12.7. The van der Waals surface area contributed by atoms with Crippen LogP contribution in [0.4, 0.5) is 4.39 Å². The first-order valence-electron chi connectivity index (χ1n) is 16.0. The maximum atomic E-state index is 12.4. The SMILES string of the molecule is Cc1c(C)c(C)c(-c2c(C)c(C)c(CCC3CCC(C4CCC(C/C=C/F)CC4)CC3)c(C)c2C)c(C)c1C. The molecule has 0 aliphatic heterocycles. The molecule has 1 heteroatoms. The van der Waals surface area contributed by atoms with E-state index in [0.29, 0.717) is 0 Å². The van der Waals surface area contributed by atoms with Gasteiger partial charge in [0.25, 0.3) is 0 Å². The van der Waals surface area contributed by atoms with Crippen molar-refractivity contribution < 1.29 is 4.39 Å². The molecule has 0 atom stereocenters. The van der Waals surface area contributed by atoms with Crippen molar-refractivity contribution in [3.63, 3.8) is 0 Å². The first-order chi connectivity index (χ1) is 18.6. The van der Waals surface area contributed by atoms with Gasteiger partial charge < -0.3 is 0 Å². The minimum atomic E-state index is 0.723. The molecule has 0 amide bonds. The Kier molecular flexibility index (Phi) is 9.83. The molecule has 0 unspecified atom stereocenters. The highest BCUT2D eigenvalue weighted by Crippen LogP contribution is 2.44. The predicted octanol–water partition coefficient (Wildman–Crippen LogP) is 11.5. The zero-order chi connectivity index (χ0) is 28.4. The molecule has 214 valence electrons. The van der Waals surface area contributed by atoms with E-state index in [1.165, 1.54) is 125 Å². The summed E-state index contributed by atoms with van der Waals surface area (Å²) in [5.74, 6) is 3.48. The van der Waals surface area contributed by atoms with Crippen molar-refractivity contribution in [3.8, 4) is 11.1 Å². The van der Waals surface area contributed by atoms with Crippen molar-refractivity contribution in [1.82, 2.24) is 0 Å². The second-order valence-electron chi connectivity index (χ2n) is 13.6. The van der Waals surface area contributed by atoms with Crippen LogP contribution < -0.4 is 0 Å². The summed E-state index contributed by atoms with van der Waals surface area (Å²) in [6, 6.07) is 0. The molecule has 2 saturated carbocycles. The first-order valence-corrected chi connectivity index (χ1v) is 16.0. The molecule has 2 aliphatic rings. The van der Waals surface area contributed by atoms with Crippen LogP contribution in [-0.2, 0) is 6.42 Å². The highest BCUT2D eigenvalue weighted by molar-refractivity contribution is 5.81. The summed E-state index contributed by atoms with van der Waals surface area (Å²) >= 11 is 0. The first kappa shape index (κ1) is 30.1. The van der Waals surface area contributed by atoms with Gasteiger partial charge in [0.05, 0.1) is 6.33 Å². The number of hydrogen-bond donors (Lipinski definition) is 0. The maximum Gasteiger partial charge on any atom is 0.0827 e. The lowest BCUT2D eigenvalue weighted by atomic mass is 9.68. The lowest BCUT2D eigenvalue weighted by Crippen LogP contribution is -2.26. The van der Waals surface area contributed by atoms with Crippen LogP contribution >= 0.6 is 0 Å². The summed E-state index contributed by atoms with van der Waals surface area (Å²) in [5.41, 5.74) is 17.9. The van der Waals surface area contributed by atoms with Crippen LogP contribution in [0, 0.1) is 86.0 Å². The Hall–Kier alpha value is -1.89. The van der Waals surface area contributed by atoms with Crippen molar-refractivity contribution >= 4 is 0 Å². The third kappa shape index (κ3) is 6.08. The Morgan fingerprint density at radius 3 is 1.33 bits per heavy atom. The van der Waals surface area contributed by atoms with Crippen molar-refractivity contribution in [2.75, 3.05) is 0 Å². The minimum Gasteiger partial charge on any atom is -0.216 e. The van der Waals surface area contributed by atoms with Gasteiger partial charge in [0.1, 0.15) is 0 Å². The van der Waals surface area contributed by atoms with E-state index in [-0.39, 0.29) is 0 Å². The average Bonchev–Trinajstić information content (AvgIpc) is 2.95. The van der Waals surface area contributed by atoms with Gasteiger partial charge in [0, 0.05) is 0 Å². The van der Waals surface area contributed by atoms with Crippen molar-refractivity contribution in [2.45, 2.75) is 133 Å². The van der Waals surface area contributed by atoms with Crippen LogP contribution in [0.5, 0.6) is 0 Å². The smallest absolute Gasteiger partial charge is 0.0827 e. The number of rotatable bonds is 7. The van der Waals surface area contributed by atoms with Gasteiger partial charge in [-0.15, -0.1) is 0 Å². The molecule has 39 heavy (non-hydrogen) atoms. The van der Waals surface area contributed by atoms with Crippen molar-refractivity contribution in [2.24, 2.45) is 23.7 Å². The Morgan fingerprint density at radius 1 is 0.513 bits per heavy atom. The molecule has 2 fully saturated rings. The van der Waals surface area contributed by atoms with E-state index in [1.807, 2.05) is 0 Å². The van der Waals surface area contributed by atoms with Gasteiger partial charge in [-0.3, -0.25) is 0 Å². The van der Waals surface area contributed by atoms with Crippen LogP contribution in [0.2, 0.25) is 0 Å². The number of allylic oxidation sites excluding steroid dienone is 1. The molecule has 0 N–H and O–H groups in total. The third-order valence-electron chi connectivity index (χ3n) is 11.8. The van der Waals surface area contributed by atoms with Crippen LogP contribution in [0.3, 0.4) is 0 Å². The molecule has 0 saturated heterocycles. The van der Waals surface area contributed by atoms with Gasteiger partial charge in [-0.1, -0.05) is 18.9 Å². The highest BCUT2D eigenvalue weighted by atomic mass is 19.1. The van der Waals surface area contributed by atoms with E-state index < -0.39 is 0 Å². The quantitative estimate of drug-likeness (QED) is 0.334. The van der Waals surface area contributed by atoms with E-state index in [0.717, 1.165) is 36.4 Å². The second-order valence-corrected chi connectivity index (χ2v) is 13.6. The minimum absolute atomic E-state index is 0.723. The standard InChI is InChI=1S/C38H55F/c1-23-24(2)28(6)37(29(7)25(23)3)38-30(8)26(4)36(27(5)31(38)9)21-16-33-14-19-35(20-15-33)34-17-12-32(13-18-34)11-10-22-39/h10,22,32-35H,11-21H2,1-9H3/b22-10+. The summed E-state index contributed by atoms with van der Waals surface area (Å²) in [7, 11) is 0. The van der Waals surface area contributed by atoms with Crippen molar-refractivity contribution in [3.05, 3.63) is 68.0 Å². The molecule has 2 aromatic rings. The Bertz CT molecular complexity index is 1140. The van der Waals surface area contributed by atoms with E-state index in [2.05, 4.69) is 62.3 Å². The topological polar surface area (TPSA) is 0 Å². The van der Waals surface area contributed by atoms with Gasteiger partial charge in [-0.25, -0.2) is 4.39 Å². The summed E-state index contributed by atoms with van der Waals surface area (Å²) in [4.78, 5) is 0. The lowest BCUT2D eigenvalue weighted by molar-refractivity contribution is 0.144. The molecule has 0 spiro atoms. The molecular weight excluding hydrogens is 475 g/mol. The summed E-state index contributed by atoms with van der Waals surface area (Å²) in [6.45, 7) is 21.0. The fraction of sp³-hybridized carbons (Fsp3) is 0.632. The molecule has 0 aromatic heterocycles. The van der Waals surface area contributed by atoms with Crippen LogP contribution in [-0.4, -0.2) is 0 Å². The molecule has 0 radical (unpaired) electrons. The third-order valence-corrected chi connectivity index (χ3v) is 11.8. The van der Waals surface area contributed by atoms with E-state index in [9.17, 15) is 4.39 Å². The van der Waals surface area contributed by atoms with Gasteiger partial charge in [0.2, 0.25) is 0 Å². The zero-order valence-corrected chi connectivity index (χ0v) is 26.6. The van der Waals surface area contributed by atoms with E-state index in [4.69, 9.17) is 0 Å². The van der Waals surface area contributed by atoms with Gasteiger partial charge >= 0.3 is 0 Å². The van der Waals surface area contributed by atoms with Crippen LogP contribution in [0.25, 0.3) is 11.1 Å². The molecular formula is C38H55F. The Balaban J connectivity index is 1.43. The molecule has 2 aliphatic carbocycles. The largest absolute Gasteiger partial charge is 0.216 e. The van der Waals surface area contributed by atoms with Crippen LogP contribution in [0.15, 0.2) is 12.4 Å². The summed E-state index contributed by atoms with van der Waals surface area (Å²) in [5, 5.41) is 0. The summed E-state index contributed by atoms with van der Waals surface area (Å²) in [6.07, 6.45) is 17.1. The molecule has 0 bridgehead atoms. The van der Waals surface area contributed by atoms with E-state index >= 15 is 0 Å². The van der Waals surface area contributed by atoms with E-state index in [1.54, 1.807) is 11.6 Å². The Morgan fingerprint density at radius 2 is 0.897 bits per heavy atom. The maximum absolute atomic E-state index is 12.4. The molecule has 0 heterocycles.